The molecule has 32 heavy (non-hydrogen) atoms. The minimum Gasteiger partial charge on any atom is -0.404 e. The summed E-state index contributed by atoms with van der Waals surface area (Å²) >= 11 is 0.737. The molecule has 0 radical (unpaired) electrons. The molecule has 0 saturated carbocycles. The average molecular weight is 474 g/mol. The molecule has 1 atom stereocenters. The van der Waals surface area contributed by atoms with Gasteiger partial charge in [0.1, 0.15) is 5.84 Å². The molecule has 5 N–H and O–H groups in total. The first-order valence-electron chi connectivity index (χ1n) is 9.16. The van der Waals surface area contributed by atoms with Crippen LogP contribution in [-0.4, -0.2) is 80.2 Å². The molecule has 1 aliphatic heterocycles. The van der Waals surface area contributed by atoms with Crippen LogP contribution >= 0.6 is 11.3 Å². The molecule has 0 bridgehead atoms. The predicted octanol–water partition coefficient (Wildman–Crippen LogP) is 0.252. The first-order chi connectivity index (χ1) is 15.1. The fourth-order valence-corrected chi connectivity index (χ4v) is 3.53. The summed E-state index contributed by atoms with van der Waals surface area (Å²) in [6.07, 6.45) is -2.66. The Morgan fingerprint density at radius 1 is 1.38 bits per heavy atom. The van der Waals surface area contributed by atoms with E-state index in [-0.39, 0.29) is 40.9 Å². The fourth-order valence-electron chi connectivity index (χ4n) is 2.70. The third kappa shape index (κ3) is 6.37. The Kier molecular flexibility index (Phi) is 8.48. The van der Waals surface area contributed by atoms with Crippen LogP contribution < -0.4 is 16.4 Å². The molecule has 10 nitrogen and oxygen atoms in total. The summed E-state index contributed by atoms with van der Waals surface area (Å²) in [4.78, 5) is 41.4. The number of nitrogens with two attached hydrogens (primary N) is 1. The molecule has 0 spiro atoms. The van der Waals surface area contributed by atoms with Crippen molar-refractivity contribution in [1.82, 2.24) is 15.5 Å². The van der Waals surface area contributed by atoms with Gasteiger partial charge in [0.25, 0.3) is 11.8 Å². The summed E-state index contributed by atoms with van der Waals surface area (Å²) < 4.78 is 42.3. The highest BCUT2D eigenvalue weighted by atomic mass is 32.1. The van der Waals surface area contributed by atoms with Gasteiger partial charge in [0.15, 0.2) is 0 Å². The first kappa shape index (κ1) is 25.0. The Balaban J connectivity index is 2.00. The highest BCUT2D eigenvalue weighted by molar-refractivity contribution is 7.16. The van der Waals surface area contributed by atoms with E-state index in [0.717, 1.165) is 17.5 Å². The van der Waals surface area contributed by atoms with Crippen molar-refractivity contribution in [1.29, 1.82) is 5.41 Å². The van der Waals surface area contributed by atoms with Crippen molar-refractivity contribution in [3.05, 3.63) is 33.7 Å². The number of nitrogens with zero attached hydrogens (tertiary/aromatic N) is 2. The number of amidine groups is 1. The molecule has 1 aromatic heterocycles. The van der Waals surface area contributed by atoms with Gasteiger partial charge in [-0.2, -0.15) is 13.2 Å². The molecule has 1 unspecified atom stereocenters. The molecular formula is C18H21F3N6O4S. The molecule has 1 fully saturated rings. The molecule has 1 aliphatic rings. The van der Waals surface area contributed by atoms with E-state index >= 15 is 0 Å². The lowest BCUT2D eigenvalue weighted by atomic mass is 10.1. The Bertz CT molecular complexity index is 943. The normalized spacial score (nSPS) is 17.3. The molecular weight excluding hydrogens is 453 g/mol. The van der Waals surface area contributed by atoms with Crippen molar-refractivity contribution < 1.29 is 32.3 Å². The number of aliphatic imine (C=N–C) groups is 1. The Morgan fingerprint density at radius 3 is 2.69 bits per heavy atom. The van der Waals surface area contributed by atoms with Crippen LogP contribution in [0.1, 0.15) is 14.5 Å². The zero-order valence-electron chi connectivity index (χ0n) is 16.9. The molecule has 2 heterocycles. The average Bonchev–Trinajstić information content (AvgIpc) is 3.25. The number of hydrogen-bond donors (Lipinski definition) is 4. The monoisotopic (exact) mass is 474 g/mol. The highest BCUT2D eigenvalue weighted by Gasteiger charge is 2.39. The molecule has 14 heteroatoms. The van der Waals surface area contributed by atoms with Crippen molar-refractivity contribution in [2.75, 3.05) is 33.4 Å². The lowest BCUT2D eigenvalue weighted by Gasteiger charge is -2.35. The number of alkyl halides is 3. The van der Waals surface area contributed by atoms with Crippen LogP contribution in [-0.2, 0) is 14.3 Å². The van der Waals surface area contributed by atoms with Gasteiger partial charge in [-0.05, 0) is 12.1 Å². The number of halogens is 3. The molecule has 1 saturated heterocycles. The van der Waals surface area contributed by atoms with Gasteiger partial charge in [0.2, 0.25) is 0 Å². The van der Waals surface area contributed by atoms with E-state index in [2.05, 4.69) is 10.3 Å². The molecule has 2 rings (SSSR count). The van der Waals surface area contributed by atoms with Crippen LogP contribution in [0.15, 0.2) is 28.9 Å². The minimum atomic E-state index is -5.13. The minimum absolute atomic E-state index is 0.0258. The maximum atomic E-state index is 12.7. The van der Waals surface area contributed by atoms with E-state index in [1.807, 2.05) is 0 Å². The summed E-state index contributed by atoms with van der Waals surface area (Å²) in [5, 5.41) is 11.6. The Morgan fingerprint density at radius 2 is 2.06 bits per heavy atom. The Labute approximate surface area is 184 Å². The first-order valence-corrected chi connectivity index (χ1v) is 9.98. The van der Waals surface area contributed by atoms with Gasteiger partial charge >= 0.3 is 12.1 Å². The number of carbonyl (C=O) groups excluding carboxylic acids is 3. The summed E-state index contributed by atoms with van der Waals surface area (Å²) in [5.74, 6) is -3.97. The maximum absolute atomic E-state index is 12.7. The van der Waals surface area contributed by atoms with Gasteiger partial charge in [-0.3, -0.25) is 24.8 Å². The van der Waals surface area contributed by atoms with Crippen LogP contribution in [0, 0.1) is 5.41 Å². The van der Waals surface area contributed by atoms with Gasteiger partial charge in [0, 0.05) is 32.6 Å². The Hall–Kier alpha value is -3.26. The zero-order chi connectivity index (χ0) is 23.9. The van der Waals surface area contributed by atoms with Gasteiger partial charge < -0.3 is 26.0 Å². The summed E-state index contributed by atoms with van der Waals surface area (Å²) in [5.41, 5.74) is 5.67. The quantitative estimate of drug-likeness (QED) is 0.265. The van der Waals surface area contributed by atoms with E-state index in [9.17, 15) is 27.6 Å². The molecule has 174 valence electrons. The van der Waals surface area contributed by atoms with Crippen molar-refractivity contribution in [2.45, 2.75) is 12.2 Å². The lowest BCUT2D eigenvalue weighted by Crippen LogP contribution is -2.54. The van der Waals surface area contributed by atoms with Crippen LogP contribution in [0.2, 0.25) is 0 Å². The second kappa shape index (κ2) is 10.9. The van der Waals surface area contributed by atoms with Gasteiger partial charge in [-0.15, -0.1) is 11.3 Å². The SMILES string of the molecule is CN=CC(=CN)C(=O)N1CCOCC1CNC(=O)c1ccc(C(=N)NC(=O)C(F)(F)F)s1. The van der Waals surface area contributed by atoms with Gasteiger partial charge in [-0.25, -0.2) is 0 Å². The summed E-state index contributed by atoms with van der Waals surface area (Å²) in [6, 6.07) is 2.08. The fraction of sp³-hybridized carbons (Fsp3) is 0.389. The second-order valence-corrected chi connectivity index (χ2v) is 7.52. The number of nitrogens with one attached hydrogen (secondary N) is 3. The van der Waals surface area contributed by atoms with Crippen molar-refractivity contribution in [3.63, 3.8) is 0 Å². The van der Waals surface area contributed by atoms with E-state index in [4.69, 9.17) is 15.9 Å². The number of morpholine rings is 1. The third-order valence-electron chi connectivity index (χ3n) is 4.25. The lowest BCUT2D eigenvalue weighted by molar-refractivity contribution is -0.171. The van der Waals surface area contributed by atoms with E-state index in [1.165, 1.54) is 35.6 Å². The standard InChI is InChI=1S/C18H21F3N6O4S/c1-24-7-10(6-22)16(29)27-4-5-31-9-11(27)8-25-15(28)13-3-2-12(32-13)14(23)26-17(30)18(19,20)21/h2-3,6-7,11H,4-5,8-9,22H2,1H3,(H,25,28)(H2,23,26,30). The van der Waals surface area contributed by atoms with Crippen molar-refractivity contribution >= 4 is 41.1 Å². The summed E-state index contributed by atoms with van der Waals surface area (Å²) in [7, 11) is 1.50. The topological polar surface area (TPSA) is 150 Å². The number of carbonyl (C=O) groups is 3. The highest BCUT2D eigenvalue weighted by Crippen LogP contribution is 2.19. The van der Waals surface area contributed by atoms with Crippen LogP contribution in [0.5, 0.6) is 0 Å². The van der Waals surface area contributed by atoms with Crippen molar-refractivity contribution in [3.8, 4) is 0 Å². The molecule has 0 aromatic carbocycles. The zero-order valence-corrected chi connectivity index (χ0v) is 17.7. The molecule has 1 aromatic rings. The van der Waals surface area contributed by atoms with E-state index in [1.54, 1.807) is 0 Å². The molecule has 0 aliphatic carbocycles. The van der Waals surface area contributed by atoms with Crippen LogP contribution in [0.3, 0.4) is 0 Å². The van der Waals surface area contributed by atoms with Gasteiger partial charge in [0.05, 0.1) is 34.6 Å². The number of amides is 3. The van der Waals surface area contributed by atoms with E-state index < -0.39 is 29.9 Å². The number of hydrogen-bond acceptors (Lipinski definition) is 8. The largest absolute Gasteiger partial charge is 0.471 e. The number of ether oxygens (including phenoxy) is 1. The number of thiophene rings is 1. The second-order valence-electron chi connectivity index (χ2n) is 6.44. The smallest absolute Gasteiger partial charge is 0.404 e. The third-order valence-corrected chi connectivity index (χ3v) is 5.36. The van der Waals surface area contributed by atoms with Crippen LogP contribution in [0.4, 0.5) is 13.2 Å². The van der Waals surface area contributed by atoms with Crippen LogP contribution in [0.25, 0.3) is 0 Å². The summed E-state index contributed by atoms with van der Waals surface area (Å²) in [6.45, 7) is 0.822. The van der Waals surface area contributed by atoms with Gasteiger partial charge in [-0.1, -0.05) is 0 Å². The maximum Gasteiger partial charge on any atom is 0.471 e. The molecule has 3 amide bonds. The number of rotatable bonds is 6. The predicted molar refractivity (Wildman–Crippen MR) is 111 cm³/mol. The van der Waals surface area contributed by atoms with Crippen molar-refractivity contribution in [2.24, 2.45) is 10.7 Å². The van der Waals surface area contributed by atoms with E-state index in [0.29, 0.717) is 6.61 Å².